The van der Waals surface area contributed by atoms with Crippen molar-refractivity contribution >= 4 is 0 Å². The van der Waals surface area contributed by atoms with Crippen LogP contribution >= 0.6 is 0 Å². The van der Waals surface area contributed by atoms with E-state index in [0.29, 0.717) is 11.6 Å². The molecule has 4 nitrogen and oxygen atoms in total. The molecule has 4 heteroatoms. The van der Waals surface area contributed by atoms with Crippen molar-refractivity contribution < 1.29 is 0 Å². The minimum atomic E-state index is 0.318. The first-order chi connectivity index (χ1) is 9.93. The summed E-state index contributed by atoms with van der Waals surface area (Å²) in [6.45, 7) is 8.63. The van der Waals surface area contributed by atoms with Crippen LogP contribution in [0.2, 0.25) is 0 Å². The lowest BCUT2D eigenvalue weighted by Crippen LogP contribution is -2.54. The van der Waals surface area contributed by atoms with Crippen molar-refractivity contribution in [3.63, 3.8) is 0 Å². The summed E-state index contributed by atoms with van der Waals surface area (Å²) >= 11 is 0. The van der Waals surface area contributed by atoms with Crippen molar-refractivity contribution in [1.29, 1.82) is 0 Å². The first-order valence-electron chi connectivity index (χ1n) is 8.35. The molecule has 2 unspecified atom stereocenters. The van der Waals surface area contributed by atoms with Gasteiger partial charge in [-0.15, -0.1) is 0 Å². The lowest BCUT2D eigenvalue weighted by atomic mass is 9.75. The fourth-order valence-corrected chi connectivity index (χ4v) is 3.54. The van der Waals surface area contributed by atoms with Crippen molar-refractivity contribution in [2.45, 2.75) is 64.6 Å². The van der Waals surface area contributed by atoms with Gasteiger partial charge in [0, 0.05) is 30.9 Å². The highest BCUT2D eigenvalue weighted by atomic mass is 15.3. The second kappa shape index (κ2) is 6.93. The molecule has 0 saturated heterocycles. The van der Waals surface area contributed by atoms with Gasteiger partial charge >= 0.3 is 0 Å². The number of likely N-dealkylation sites (N-methyl/N-ethyl adjacent to an activating group) is 1. The van der Waals surface area contributed by atoms with Gasteiger partial charge in [-0.25, -0.2) is 0 Å². The Morgan fingerprint density at radius 3 is 2.81 bits per heavy atom. The Kier molecular flexibility index (Phi) is 5.44. The van der Waals surface area contributed by atoms with Crippen LogP contribution in [0.25, 0.3) is 0 Å². The highest BCUT2D eigenvalue weighted by Gasteiger charge is 2.36. The van der Waals surface area contributed by atoms with E-state index >= 15 is 0 Å². The van der Waals surface area contributed by atoms with Crippen LogP contribution in [0.3, 0.4) is 0 Å². The molecule has 0 aromatic carbocycles. The van der Waals surface area contributed by atoms with Crippen LogP contribution in [0.1, 0.15) is 58.2 Å². The quantitative estimate of drug-likeness (QED) is 0.875. The highest BCUT2D eigenvalue weighted by Crippen LogP contribution is 2.35. The van der Waals surface area contributed by atoms with Gasteiger partial charge in [-0.1, -0.05) is 19.8 Å². The van der Waals surface area contributed by atoms with Gasteiger partial charge in [0.2, 0.25) is 0 Å². The summed E-state index contributed by atoms with van der Waals surface area (Å²) < 4.78 is 2.03. The monoisotopic (exact) mass is 292 g/mol. The number of hydrogen-bond donors (Lipinski definition) is 1. The smallest absolute Gasteiger partial charge is 0.0762 e. The van der Waals surface area contributed by atoms with E-state index in [4.69, 9.17) is 0 Å². The number of aromatic nitrogens is 2. The molecule has 120 valence electrons. The third-order valence-corrected chi connectivity index (χ3v) is 4.97. The van der Waals surface area contributed by atoms with E-state index in [0.717, 1.165) is 24.7 Å². The Balaban J connectivity index is 1.90. The maximum absolute atomic E-state index is 4.62. The van der Waals surface area contributed by atoms with Crippen molar-refractivity contribution in [1.82, 2.24) is 20.0 Å². The van der Waals surface area contributed by atoms with Crippen molar-refractivity contribution in [3.05, 3.63) is 18.0 Å². The third-order valence-electron chi connectivity index (χ3n) is 4.97. The number of nitrogens with one attached hydrogen (secondary N) is 1. The van der Waals surface area contributed by atoms with Gasteiger partial charge in [-0.2, -0.15) is 5.10 Å². The van der Waals surface area contributed by atoms with Crippen LogP contribution in [0.5, 0.6) is 0 Å². The summed E-state index contributed by atoms with van der Waals surface area (Å²) in [5.74, 6) is 0.836. The average molecular weight is 292 g/mol. The predicted molar refractivity (Wildman–Crippen MR) is 88.4 cm³/mol. The third kappa shape index (κ3) is 4.07. The molecule has 1 saturated carbocycles. The van der Waals surface area contributed by atoms with Crippen LogP contribution in [0.15, 0.2) is 12.3 Å². The van der Waals surface area contributed by atoms with Crippen molar-refractivity contribution in [2.75, 3.05) is 20.6 Å². The maximum Gasteiger partial charge on any atom is 0.0762 e. The Morgan fingerprint density at radius 1 is 1.48 bits per heavy atom. The van der Waals surface area contributed by atoms with Gasteiger partial charge in [0.05, 0.1) is 5.69 Å². The molecule has 21 heavy (non-hydrogen) atoms. The standard InChI is InChI=1S/C17H32N4/c1-14(2)21-10-8-16(19-21)12-18-13-17(20(4)5)9-6-7-15(3)11-17/h8,10,14-15,18H,6-7,9,11-13H2,1-5H3. The Morgan fingerprint density at radius 2 is 2.24 bits per heavy atom. The Hall–Kier alpha value is -0.870. The molecule has 1 aromatic heterocycles. The van der Waals surface area contributed by atoms with Crippen molar-refractivity contribution in [2.24, 2.45) is 5.92 Å². The summed E-state index contributed by atoms with van der Waals surface area (Å²) in [6.07, 6.45) is 7.41. The molecule has 0 aliphatic heterocycles. The molecule has 2 rings (SSSR count). The summed E-state index contributed by atoms with van der Waals surface area (Å²) in [7, 11) is 4.46. The normalized spacial score (nSPS) is 26.7. The lowest BCUT2D eigenvalue weighted by Gasteiger charge is -2.45. The van der Waals surface area contributed by atoms with E-state index < -0.39 is 0 Å². The van der Waals surface area contributed by atoms with Gasteiger partial charge in [0.1, 0.15) is 0 Å². The molecular weight excluding hydrogens is 260 g/mol. The molecule has 1 aliphatic rings. The summed E-state index contributed by atoms with van der Waals surface area (Å²) in [5.41, 5.74) is 1.46. The molecule has 1 fully saturated rings. The molecular formula is C17H32N4. The second-order valence-electron chi connectivity index (χ2n) is 7.30. The largest absolute Gasteiger partial charge is 0.309 e. The molecule has 1 aliphatic carbocycles. The number of rotatable bonds is 6. The fraction of sp³-hybridized carbons (Fsp3) is 0.824. The maximum atomic E-state index is 4.62. The van der Waals surface area contributed by atoms with E-state index in [1.54, 1.807) is 0 Å². The van der Waals surface area contributed by atoms with E-state index in [1.807, 2.05) is 4.68 Å². The molecule has 1 heterocycles. The van der Waals surface area contributed by atoms with Crippen LogP contribution < -0.4 is 5.32 Å². The van der Waals surface area contributed by atoms with Crippen molar-refractivity contribution in [3.8, 4) is 0 Å². The van der Waals surface area contributed by atoms with Crippen LogP contribution in [0, 0.1) is 5.92 Å². The summed E-state index contributed by atoms with van der Waals surface area (Å²) in [5, 5.41) is 8.26. The number of hydrogen-bond acceptors (Lipinski definition) is 3. The van der Waals surface area contributed by atoms with Gasteiger partial charge in [0.25, 0.3) is 0 Å². The average Bonchev–Trinajstić information content (AvgIpc) is 2.87. The topological polar surface area (TPSA) is 33.1 Å². The summed E-state index contributed by atoms with van der Waals surface area (Å²) in [4.78, 5) is 2.43. The number of nitrogens with zero attached hydrogens (tertiary/aromatic N) is 3. The molecule has 0 bridgehead atoms. The molecule has 1 N–H and O–H groups in total. The van der Waals surface area contributed by atoms with Crippen LogP contribution in [-0.4, -0.2) is 40.9 Å². The molecule has 0 amide bonds. The SMILES string of the molecule is CC1CCCC(CNCc2ccn(C(C)C)n2)(N(C)C)C1. The molecule has 2 atom stereocenters. The van der Waals surface area contributed by atoms with E-state index in [2.05, 4.69) is 62.4 Å². The first-order valence-corrected chi connectivity index (χ1v) is 8.35. The minimum absolute atomic E-state index is 0.318. The Bertz CT molecular complexity index is 438. The van der Waals surface area contributed by atoms with Gasteiger partial charge < -0.3 is 10.2 Å². The van der Waals surface area contributed by atoms with Crippen LogP contribution in [0.4, 0.5) is 0 Å². The molecule has 0 radical (unpaired) electrons. The van der Waals surface area contributed by atoms with Gasteiger partial charge in [-0.05, 0) is 52.8 Å². The molecule has 1 aromatic rings. The van der Waals surface area contributed by atoms with E-state index in [9.17, 15) is 0 Å². The van der Waals surface area contributed by atoms with Gasteiger partial charge in [-0.3, -0.25) is 4.68 Å². The lowest BCUT2D eigenvalue weighted by molar-refractivity contribution is 0.0748. The summed E-state index contributed by atoms with van der Waals surface area (Å²) in [6, 6.07) is 2.56. The van der Waals surface area contributed by atoms with E-state index in [-0.39, 0.29) is 0 Å². The van der Waals surface area contributed by atoms with Gasteiger partial charge in [0.15, 0.2) is 0 Å². The highest BCUT2D eigenvalue weighted by molar-refractivity contribution is 5.01. The zero-order valence-corrected chi connectivity index (χ0v) is 14.4. The zero-order valence-electron chi connectivity index (χ0n) is 14.4. The second-order valence-corrected chi connectivity index (χ2v) is 7.30. The fourth-order valence-electron chi connectivity index (χ4n) is 3.54. The zero-order chi connectivity index (χ0) is 15.5. The minimum Gasteiger partial charge on any atom is -0.309 e. The Labute approximate surface area is 129 Å². The first kappa shape index (κ1) is 16.5. The molecule has 0 spiro atoms. The predicted octanol–water partition coefficient (Wildman–Crippen LogP) is 3.06. The van der Waals surface area contributed by atoms with E-state index in [1.165, 1.54) is 25.7 Å². The van der Waals surface area contributed by atoms with Crippen LogP contribution in [-0.2, 0) is 6.54 Å².